The highest BCUT2D eigenvalue weighted by Gasteiger charge is 2.40. The zero-order chi connectivity index (χ0) is 24.5. The Morgan fingerprint density at radius 3 is 2.26 bits per heavy atom. The van der Waals surface area contributed by atoms with Gasteiger partial charge in [-0.2, -0.15) is 0 Å². The smallest absolute Gasteiger partial charge is 0.282 e. The first-order valence-electron chi connectivity index (χ1n) is 11.2. The number of hydrogen-bond acceptors (Lipinski definition) is 4. The van der Waals surface area contributed by atoms with E-state index in [0.717, 1.165) is 22.0 Å². The van der Waals surface area contributed by atoms with Crippen molar-refractivity contribution < 1.29 is 14.4 Å². The molecule has 5 rings (SSSR count). The Balaban J connectivity index is 1.63. The number of rotatable bonds is 5. The van der Waals surface area contributed by atoms with E-state index in [1.54, 1.807) is 30.3 Å². The van der Waals surface area contributed by atoms with Crippen molar-refractivity contribution in [3.05, 3.63) is 108 Å². The van der Waals surface area contributed by atoms with Gasteiger partial charge in [0, 0.05) is 23.7 Å². The Morgan fingerprint density at radius 2 is 1.51 bits per heavy atom. The third-order valence-electron chi connectivity index (χ3n) is 5.89. The maximum atomic E-state index is 13.7. The Morgan fingerprint density at radius 1 is 0.800 bits per heavy atom. The molecule has 0 spiro atoms. The highest BCUT2D eigenvalue weighted by atomic mass is 16.2. The number of hydrogen-bond donors (Lipinski definition) is 2. The molecule has 0 aromatic heterocycles. The van der Waals surface area contributed by atoms with Gasteiger partial charge in [0.25, 0.3) is 11.8 Å². The molecule has 1 aliphatic heterocycles. The number of fused-ring (bicyclic) bond motifs is 1. The van der Waals surface area contributed by atoms with Crippen molar-refractivity contribution in [3.63, 3.8) is 0 Å². The lowest BCUT2D eigenvalue weighted by atomic mass is 10.0. The van der Waals surface area contributed by atoms with Crippen molar-refractivity contribution in [3.8, 4) is 0 Å². The van der Waals surface area contributed by atoms with Crippen molar-refractivity contribution in [2.24, 2.45) is 0 Å². The molecule has 0 aliphatic carbocycles. The Bertz CT molecular complexity index is 1510. The van der Waals surface area contributed by atoms with Crippen LogP contribution in [0.2, 0.25) is 0 Å². The van der Waals surface area contributed by atoms with Gasteiger partial charge >= 0.3 is 0 Å². The summed E-state index contributed by atoms with van der Waals surface area (Å²) in [6, 6.07) is 27.9. The number of carbonyl (C=O) groups is 3. The van der Waals surface area contributed by atoms with E-state index < -0.39 is 11.8 Å². The van der Waals surface area contributed by atoms with Crippen molar-refractivity contribution in [1.82, 2.24) is 0 Å². The van der Waals surface area contributed by atoms with Crippen LogP contribution in [0.5, 0.6) is 0 Å². The molecule has 4 aromatic carbocycles. The SMILES string of the molecule is CC(=O)Nc1ccc(C2=C(Nc3cccc4ccccc34)C(=O)N(c3cccc(C)c3)C2=O)cc1. The number of benzene rings is 4. The summed E-state index contributed by atoms with van der Waals surface area (Å²) in [5.41, 5.74) is 3.87. The molecule has 3 amide bonds. The van der Waals surface area contributed by atoms with Gasteiger partial charge < -0.3 is 10.6 Å². The molecule has 1 heterocycles. The summed E-state index contributed by atoms with van der Waals surface area (Å²) in [4.78, 5) is 40.0. The number of aryl methyl sites for hydroxylation is 1. The molecule has 6 nitrogen and oxygen atoms in total. The Kier molecular flexibility index (Phi) is 5.63. The molecule has 0 saturated carbocycles. The van der Waals surface area contributed by atoms with Gasteiger partial charge in [0.1, 0.15) is 5.70 Å². The lowest BCUT2D eigenvalue weighted by Crippen LogP contribution is -2.32. The molecular weight excluding hydrogens is 438 g/mol. The summed E-state index contributed by atoms with van der Waals surface area (Å²) >= 11 is 0. The summed E-state index contributed by atoms with van der Waals surface area (Å²) in [5.74, 6) is -1.02. The first kappa shape index (κ1) is 22.1. The topological polar surface area (TPSA) is 78.5 Å². The van der Waals surface area contributed by atoms with E-state index in [1.807, 2.05) is 67.6 Å². The van der Waals surface area contributed by atoms with Crippen molar-refractivity contribution in [2.75, 3.05) is 15.5 Å². The van der Waals surface area contributed by atoms with Crippen LogP contribution in [0.25, 0.3) is 16.3 Å². The average molecular weight is 462 g/mol. The summed E-state index contributed by atoms with van der Waals surface area (Å²) < 4.78 is 0. The minimum Gasteiger partial charge on any atom is -0.350 e. The second kappa shape index (κ2) is 8.91. The largest absolute Gasteiger partial charge is 0.350 e. The first-order chi connectivity index (χ1) is 16.9. The zero-order valence-corrected chi connectivity index (χ0v) is 19.3. The molecule has 0 unspecified atom stereocenters. The molecule has 4 aromatic rings. The van der Waals surface area contributed by atoms with E-state index in [-0.39, 0.29) is 17.2 Å². The van der Waals surface area contributed by atoms with Gasteiger partial charge in [-0.25, -0.2) is 4.90 Å². The second-order valence-electron chi connectivity index (χ2n) is 8.44. The Labute approximate surface area is 202 Å². The highest BCUT2D eigenvalue weighted by molar-refractivity contribution is 6.46. The maximum absolute atomic E-state index is 13.7. The normalized spacial score (nSPS) is 13.5. The van der Waals surface area contributed by atoms with E-state index >= 15 is 0 Å². The monoisotopic (exact) mass is 461 g/mol. The van der Waals surface area contributed by atoms with Crippen LogP contribution >= 0.6 is 0 Å². The molecule has 0 saturated heterocycles. The van der Waals surface area contributed by atoms with Gasteiger partial charge in [0.15, 0.2) is 0 Å². The predicted octanol–water partition coefficient (Wildman–Crippen LogP) is 5.50. The summed E-state index contributed by atoms with van der Waals surface area (Å²) in [6.45, 7) is 3.35. The van der Waals surface area contributed by atoms with E-state index in [1.165, 1.54) is 11.8 Å². The molecule has 6 heteroatoms. The minimum absolute atomic E-state index is 0.187. The van der Waals surface area contributed by atoms with E-state index in [9.17, 15) is 14.4 Å². The fraction of sp³-hybridized carbons (Fsp3) is 0.0690. The standard InChI is InChI=1S/C29H23N3O3/c1-18-7-5-10-23(17-18)32-28(34)26(21-13-15-22(16-14-21)30-19(2)33)27(29(32)35)31-25-12-6-9-20-8-3-4-11-24(20)25/h3-17,31H,1-2H3,(H,30,33). The van der Waals surface area contributed by atoms with Crippen LogP contribution in [-0.4, -0.2) is 17.7 Å². The van der Waals surface area contributed by atoms with Crippen LogP contribution < -0.4 is 15.5 Å². The van der Waals surface area contributed by atoms with Gasteiger partial charge in [-0.05, 0) is 53.8 Å². The summed E-state index contributed by atoms with van der Waals surface area (Å²) in [6.07, 6.45) is 0. The van der Waals surface area contributed by atoms with E-state index in [4.69, 9.17) is 0 Å². The number of imide groups is 1. The average Bonchev–Trinajstić information content (AvgIpc) is 3.08. The van der Waals surface area contributed by atoms with E-state index in [2.05, 4.69) is 10.6 Å². The molecule has 1 aliphatic rings. The molecule has 0 atom stereocenters. The van der Waals surface area contributed by atoms with Crippen molar-refractivity contribution in [1.29, 1.82) is 0 Å². The Hall–Kier alpha value is -4.71. The van der Waals surface area contributed by atoms with Crippen LogP contribution in [0.15, 0.2) is 96.7 Å². The number of nitrogens with zero attached hydrogens (tertiary/aromatic N) is 1. The third kappa shape index (κ3) is 4.17. The molecule has 172 valence electrons. The minimum atomic E-state index is -0.422. The van der Waals surface area contributed by atoms with Crippen LogP contribution in [0.3, 0.4) is 0 Å². The van der Waals surface area contributed by atoms with Crippen molar-refractivity contribution in [2.45, 2.75) is 13.8 Å². The fourth-order valence-electron chi connectivity index (χ4n) is 4.31. The van der Waals surface area contributed by atoms with Crippen molar-refractivity contribution >= 4 is 51.1 Å². The van der Waals surface area contributed by atoms with Crippen LogP contribution in [0, 0.1) is 6.92 Å². The lowest BCUT2D eigenvalue weighted by molar-refractivity contribution is -0.120. The van der Waals surface area contributed by atoms with Crippen LogP contribution in [0.4, 0.5) is 17.1 Å². The van der Waals surface area contributed by atoms with Gasteiger partial charge in [-0.3, -0.25) is 14.4 Å². The predicted molar refractivity (Wildman–Crippen MR) is 139 cm³/mol. The number of amides is 3. The number of anilines is 3. The quantitative estimate of drug-likeness (QED) is 0.385. The van der Waals surface area contributed by atoms with Gasteiger partial charge in [0.05, 0.1) is 11.3 Å². The number of nitrogens with one attached hydrogen (secondary N) is 2. The molecule has 0 radical (unpaired) electrons. The molecule has 35 heavy (non-hydrogen) atoms. The van der Waals surface area contributed by atoms with Crippen LogP contribution in [0.1, 0.15) is 18.1 Å². The molecule has 0 fully saturated rings. The zero-order valence-electron chi connectivity index (χ0n) is 19.3. The second-order valence-corrected chi connectivity index (χ2v) is 8.44. The molecule has 2 N–H and O–H groups in total. The van der Waals surface area contributed by atoms with E-state index in [0.29, 0.717) is 16.9 Å². The van der Waals surface area contributed by atoms with Gasteiger partial charge in [-0.1, -0.05) is 60.7 Å². The summed E-state index contributed by atoms with van der Waals surface area (Å²) in [7, 11) is 0. The highest BCUT2D eigenvalue weighted by Crippen LogP contribution is 2.35. The third-order valence-corrected chi connectivity index (χ3v) is 5.89. The molecule has 0 bridgehead atoms. The fourth-order valence-corrected chi connectivity index (χ4v) is 4.31. The molecular formula is C29H23N3O3. The maximum Gasteiger partial charge on any atom is 0.282 e. The van der Waals surface area contributed by atoms with Gasteiger partial charge in [-0.15, -0.1) is 0 Å². The lowest BCUT2D eigenvalue weighted by Gasteiger charge is -2.16. The van der Waals surface area contributed by atoms with Gasteiger partial charge in [0.2, 0.25) is 5.91 Å². The number of carbonyl (C=O) groups excluding carboxylic acids is 3. The van der Waals surface area contributed by atoms with Crippen LogP contribution in [-0.2, 0) is 14.4 Å². The summed E-state index contributed by atoms with van der Waals surface area (Å²) in [5, 5.41) is 7.96. The first-order valence-corrected chi connectivity index (χ1v) is 11.2.